The zero-order chi connectivity index (χ0) is 14.5. The molecule has 0 aliphatic heterocycles. The number of amides is 1. The summed E-state index contributed by atoms with van der Waals surface area (Å²) in [5.41, 5.74) is 4.72. The Morgan fingerprint density at radius 1 is 1.30 bits per heavy atom. The van der Waals surface area contributed by atoms with Gasteiger partial charge >= 0.3 is 0 Å². The molecule has 3 N–H and O–H groups in total. The van der Waals surface area contributed by atoms with Gasteiger partial charge in [-0.15, -0.1) is 11.3 Å². The molecule has 4 nitrogen and oxygen atoms in total. The van der Waals surface area contributed by atoms with Crippen molar-refractivity contribution in [1.82, 2.24) is 10.3 Å². The Morgan fingerprint density at radius 2 is 2.10 bits per heavy atom. The van der Waals surface area contributed by atoms with E-state index >= 15 is 0 Å². The number of aryl methyl sites for hydroxylation is 1. The highest BCUT2D eigenvalue weighted by Gasteiger charge is 2.09. The molecule has 2 aromatic rings. The lowest BCUT2D eigenvalue weighted by Crippen LogP contribution is -2.29. The van der Waals surface area contributed by atoms with Crippen molar-refractivity contribution in [3.8, 4) is 0 Å². The van der Waals surface area contributed by atoms with Gasteiger partial charge < -0.3 is 0 Å². The Kier molecular flexibility index (Phi) is 4.89. The minimum absolute atomic E-state index is 0.234. The molecule has 5 heteroatoms. The third kappa shape index (κ3) is 3.90. The first-order valence-corrected chi connectivity index (χ1v) is 7.24. The number of thiophene rings is 1. The standard InChI is InChI=1S/C15H19N3OS/c1-11-4-3-5-12(8-11)9-18(2)10-13-6-7-14(20-13)15(19)17-16/h3-8H,9-10,16H2,1-2H3,(H,17,19). The SMILES string of the molecule is Cc1cccc(CN(C)Cc2ccc(C(=O)NN)s2)c1. The normalized spacial score (nSPS) is 10.8. The Labute approximate surface area is 123 Å². The predicted molar refractivity (Wildman–Crippen MR) is 82.3 cm³/mol. The second kappa shape index (κ2) is 6.65. The Bertz CT molecular complexity index is 594. The molecule has 0 radical (unpaired) electrons. The van der Waals surface area contributed by atoms with Crippen molar-refractivity contribution in [2.24, 2.45) is 5.84 Å². The summed E-state index contributed by atoms with van der Waals surface area (Å²) < 4.78 is 0. The number of hydrazine groups is 1. The monoisotopic (exact) mass is 289 g/mol. The van der Waals surface area contributed by atoms with E-state index in [0.29, 0.717) is 4.88 Å². The van der Waals surface area contributed by atoms with Crippen molar-refractivity contribution in [2.45, 2.75) is 20.0 Å². The van der Waals surface area contributed by atoms with Crippen LogP contribution >= 0.6 is 11.3 Å². The molecule has 106 valence electrons. The molecule has 20 heavy (non-hydrogen) atoms. The lowest BCUT2D eigenvalue weighted by Gasteiger charge is -2.15. The molecule has 0 atom stereocenters. The van der Waals surface area contributed by atoms with Gasteiger partial charge in [-0.05, 0) is 31.7 Å². The van der Waals surface area contributed by atoms with Crippen LogP contribution in [0.4, 0.5) is 0 Å². The maximum Gasteiger partial charge on any atom is 0.275 e. The first-order valence-electron chi connectivity index (χ1n) is 6.42. The van der Waals surface area contributed by atoms with Crippen molar-refractivity contribution in [1.29, 1.82) is 0 Å². The molecule has 1 heterocycles. The fourth-order valence-corrected chi connectivity index (χ4v) is 3.09. The first-order chi connectivity index (χ1) is 9.58. The summed E-state index contributed by atoms with van der Waals surface area (Å²) in [5, 5.41) is 0. The maximum atomic E-state index is 11.4. The van der Waals surface area contributed by atoms with Gasteiger partial charge in [0.05, 0.1) is 4.88 Å². The number of benzene rings is 1. The molecule has 0 fully saturated rings. The van der Waals surface area contributed by atoms with Gasteiger partial charge in [-0.3, -0.25) is 15.1 Å². The minimum Gasteiger partial charge on any atom is -0.297 e. The highest BCUT2D eigenvalue weighted by Crippen LogP contribution is 2.18. The predicted octanol–water partition coefficient (Wildman–Crippen LogP) is 2.29. The lowest BCUT2D eigenvalue weighted by atomic mass is 10.1. The Hall–Kier alpha value is -1.69. The van der Waals surface area contributed by atoms with Crippen LogP contribution in [0, 0.1) is 6.92 Å². The van der Waals surface area contributed by atoms with E-state index in [1.54, 1.807) is 0 Å². The highest BCUT2D eigenvalue weighted by atomic mass is 32.1. The van der Waals surface area contributed by atoms with E-state index in [4.69, 9.17) is 5.84 Å². The number of carbonyl (C=O) groups is 1. The molecule has 0 spiro atoms. The molecule has 0 saturated carbocycles. The van der Waals surface area contributed by atoms with Gasteiger partial charge in [-0.1, -0.05) is 29.8 Å². The lowest BCUT2D eigenvalue weighted by molar-refractivity contribution is 0.0957. The highest BCUT2D eigenvalue weighted by molar-refractivity contribution is 7.14. The van der Waals surface area contributed by atoms with Crippen molar-refractivity contribution in [2.75, 3.05) is 7.05 Å². The Balaban J connectivity index is 1.96. The summed E-state index contributed by atoms with van der Waals surface area (Å²) in [5.74, 6) is 4.89. The van der Waals surface area contributed by atoms with E-state index in [0.717, 1.165) is 18.0 Å². The number of nitrogens with one attached hydrogen (secondary N) is 1. The van der Waals surface area contributed by atoms with Crippen LogP contribution in [0.25, 0.3) is 0 Å². The molecule has 0 aliphatic carbocycles. The van der Waals surface area contributed by atoms with Crippen LogP contribution in [0.2, 0.25) is 0 Å². The molecule has 1 aromatic heterocycles. The summed E-state index contributed by atoms with van der Waals surface area (Å²) in [6.07, 6.45) is 0. The Morgan fingerprint density at radius 3 is 2.80 bits per heavy atom. The fraction of sp³-hybridized carbons (Fsp3) is 0.267. The van der Waals surface area contributed by atoms with Crippen LogP contribution in [0.1, 0.15) is 25.7 Å². The average molecular weight is 289 g/mol. The van der Waals surface area contributed by atoms with Crippen LogP contribution < -0.4 is 11.3 Å². The quantitative estimate of drug-likeness (QED) is 0.504. The largest absolute Gasteiger partial charge is 0.297 e. The van der Waals surface area contributed by atoms with E-state index in [2.05, 4.69) is 48.6 Å². The third-order valence-corrected chi connectivity index (χ3v) is 4.05. The van der Waals surface area contributed by atoms with E-state index < -0.39 is 0 Å². The molecule has 0 bridgehead atoms. The van der Waals surface area contributed by atoms with Gasteiger partial charge in [0.15, 0.2) is 0 Å². The summed E-state index contributed by atoms with van der Waals surface area (Å²) >= 11 is 1.47. The van der Waals surface area contributed by atoms with E-state index in [1.807, 2.05) is 12.1 Å². The molecule has 1 amide bonds. The molecule has 1 aromatic carbocycles. The van der Waals surface area contributed by atoms with Crippen molar-refractivity contribution >= 4 is 17.2 Å². The number of hydrogen-bond acceptors (Lipinski definition) is 4. The van der Waals surface area contributed by atoms with E-state index in [1.165, 1.54) is 22.5 Å². The van der Waals surface area contributed by atoms with Crippen molar-refractivity contribution in [3.63, 3.8) is 0 Å². The summed E-state index contributed by atoms with van der Waals surface area (Å²) in [6.45, 7) is 3.80. The van der Waals surface area contributed by atoms with Gasteiger partial charge in [0.2, 0.25) is 0 Å². The van der Waals surface area contributed by atoms with Crippen molar-refractivity contribution < 1.29 is 4.79 Å². The topological polar surface area (TPSA) is 58.4 Å². The molecule has 0 unspecified atom stereocenters. The molecular formula is C15H19N3OS. The number of nitrogens with zero attached hydrogens (tertiary/aromatic N) is 1. The van der Waals surface area contributed by atoms with Gasteiger partial charge in [0.1, 0.15) is 0 Å². The van der Waals surface area contributed by atoms with E-state index in [9.17, 15) is 4.79 Å². The zero-order valence-electron chi connectivity index (χ0n) is 11.7. The molecule has 0 saturated heterocycles. The van der Waals surface area contributed by atoms with Gasteiger partial charge in [0, 0.05) is 18.0 Å². The van der Waals surface area contributed by atoms with Gasteiger partial charge in [-0.2, -0.15) is 0 Å². The minimum atomic E-state index is -0.234. The maximum absolute atomic E-state index is 11.4. The average Bonchev–Trinajstić information content (AvgIpc) is 2.86. The fourth-order valence-electron chi connectivity index (χ4n) is 2.10. The number of nitrogens with two attached hydrogens (primary N) is 1. The molecule has 2 rings (SSSR count). The summed E-state index contributed by atoms with van der Waals surface area (Å²) in [7, 11) is 2.07. The first kappa shape index (κ1) is 14.7. The smallest absolute Gasteiger partial charge is 0.275 e. The molecule has 0 aliphatic rings. The van der Waals surface area contributed by atoms with Crippen LogP contribution in [0.3, 0.4) is 0 Å². The number of carbonyl (C=O) groups excluding carboxylic acids is 1. The number of hydrogen-bond donors (Lipinski definition) is 2. The van der Waals surface area contributed by atoms with Crippen LogP contribution in [0.15, 0.2) is 36.4 Å². The van der Waals surface area contributed by atoms with Gasteiger partial charge in [-0.25, -0.2) is 5.84 Å². The van der Waals surface area contributed by atoms with Crippen LogP contribution in [-0.4, -0.2) is 17.9 Å². The van der Waals surface area contributed by atoms with Crippen LogP contribution in [-0.2, 0) is 13.1 Å². The van der Waals surface area contributed by atoms with Gasteiger partial charge in [0.25, 0.3) is 5.91 Å². The third-order valence-electron chi connectivity index (χ3n) is 2.98. The zero-order valence-corrected chi connectivity index (χ0v) is 12.5. The van der Waals surface area contributed by atoms with E-state index in [-0.39, 0.29) is 5.91 Å². The van der Waals surface area contributed by atoms with Crippen molar-refractivity contribution in [3.05, 3.63) is 57.3 Å². The number of rotatable bonds is 5. The summed E-state index contributed by atoms with van der Waals surface area (Å²) in [4.78, 5) is 15.4. The number of nitrogen functional groups attached to an aromatic ring is 1. The van der Waals surface area contributed by atoms with Crippen LogP contribution in [0.5, 0.6) is 0 Å². The summed E-state index contributed by atoms with van der Waals surface area (Å²) in [6, 6.07) is 12.3. The second-order valence-electron chi connectivity index (χ2n) is 4.90. The molecular weight excluding hydrogens is 270 g/mol. The second-order valence-corrected chi connectivity index (χ2v) is 6.07.